The molecule has 1 saturated heterocycles. The summed E-state index contributed by atoms with van der Waals surface area (Å²) >= 11 is 0. The molecule has 1 aromatic heterocycles. The van der Waals surface area contributed by atoms with Gasteiger partial charge in [-0.3, -0.25) is 9.89 Å². The van der Waals surface area contributed by atoms with E-state index < -0.39 is 0 Å². The SMILES string of the molecule is O=C(Cc1ccc2ccccc2c1)N1CC[C@H](c2ccn[nH]2)C1. The van der Waals surface area contributed by atoms with Crippen molar-refractivity contribution >= 4 is 16.7 Å². The van der Waals surface area contributed by atoms with Crippen LogP contribution in [0.3, 0.4) is 0 Å². The molecule has 2 heterocycles. The number of likely N-dealkylation sites (tertiary alicyclic amines) is 1. The van der Waals surface area contributed by atoms with Crippen LogP contribution in [-0.2, 0) is 11.2 Å². The number of amides is 1. The third kappa shape index (κ3) is 2.84. The molecule has 0 spiro atoms. The zero-order chi connectivity index (χ0) is 15.6. The third-order valence-electron chi connectivity index (χ3n) is 4.67. The molecule has 4 rings (SSSR count). The Labute approximate surface area is 135 Å². The van der Waals surface area contributed by atoms with E-state index in [1.807, 2.05) is 23.1 Å². The van der Waals surface area contributed by atoms with Gasteiger partial charge in [0.2, 0.25) is 5.91 Å². The molecule has 1 N–H and O–H groups in total. The molecule has 4 heteroatoms. The van der Waals surface area contributed by atoms with Crippen LogP contribution in [-0.4, -0.2) is 34.1 Å². The first-order valence-electron chi connectivity index (χ1n) is 8.04. The minimum atomic E-state index is 0.210. The van der Waals surface area contributed by atoms with Gasteiger partial charge in [-0.05, 0) is 28.8 Å². The summed E-state index contributed by atoms with van der Waals surface area (Å²) in [6, 6.07) is 16.5. The summed E-state index contributed by atoms with van der Waals surface area (Å²) < 4.78 is 0. The van der Waals surface area contributed by atoms with Crippen molar-refractivity contribution in [3.8, 4) is 0 Å². The molecule has 1 amide bonds. The number of benzene rings is 2. The Kier molecular flexibility index (Phi) is 3.58. The van der Waals surface area contributed by atoms with Crippen molar-refractivity contribution in [3.63, 3.8) is 0 Å². The van der Waals surface area contributed by atoms with Crippen LogP contribution in [0.2, 0.25) is 0 Å². The average molecular weight is 305 g/mol. The molecule has 4 nitrogen and oxygen atoms in total. The summed E-state index contributed by atoms with van der Waals surface area (Å²) in [5.74, 6) is 0.598. The van der Waals surface area contributed by atoms with Crippen LogP contribution in [0.4, 0.5) is 0 Å². The number of hydrogen-bond acceptors (Lipinski definition) is 2. The molecule has 2 aromatic carbocycles. The summed E-state index contributed by atoms with van der Waals surface area (Å²) in [4.78, 5) is 14.5. The monoisotopic (exact) mass is 305 g/mol. The minimum Gasteiger partial charge on any atom is -0.342 e. The van der Waals surface area contributed by atoms with Gasteiger partial charge in [0.1, 0.15) is 0 Å². The highest BCUT2D eigenvalue weighted by atomic mass is 16.2. The van der Waals surface area contributed by atoms with E-state index in [0.29, 0.717) is 12.3 Å². The second-order valence-electron chi connectivity index (χ2n) is 6.20. The van der Waals surface area contributed by atoms with E-state index in [2.05, 4.69) is 40.5 Å². The predicted molar refractivity (Wildman–Crippen MR) is 90.2 cm³/mol. The summed E-state index contributed by atoms with van der Waals surface area (Å²) in [5.41, 5.74) is 2.21. The first-order valence-corrected chi connectivity index (χ1v) is 8.04. The topological polar surface area (TPSA) is 49.0 Å². The Balaban J connectivity index is 1.45. The maximum absolute atomic E-state index is 12.6. The molecule has 1 atom stereocenters. The van der Waals surface area contributed by atoms with Crippen LogP contribution >= 0.6 is 0 Å². The van der Waals surface area contributed by atoms with E-state index in [-0.39, 0.29) is 5.91 Å². The van der Waals surface area contributed by atoms with Gasteiger partial charge in [-0.15, -0.1) is 0 Å². The Morgan fingerprint density at radius 2 is 2.04 bits per heavy atom. The summed E-state index contributed by atoms with van der Waals surface area (Å²) in [5, 5.41) is 9.43. The highest BCUT2D eigenvalue weighted by molar-refractivity contribution is 5.85. The number of fused-ring (bicyclic) bond motifs is 1. The molecule has 1 fully saturated rings. The molecule has 0 aliphatic carbocycles. The van der Waals surface area contributed by atoms with Crippen LogP contribution in [0.5, 0.6) is 0 Å². The van der Waals surface area contributed by atoms with Gasteiger partial charge in [0, 0.05) is 30.9 Å². The standard InChI is InChI=1S/C19H19N3O/c23-19(22-10-8-17(13-22)18-7-9-20-21-18)12-14-5-6-15-3-1-2-4-16(15)11-14/h1-7,9,11,17H,8,10,12-13H2,(H,20,21)/t17-/m0/s1. The summed E-state index contributed by atoms with van der Waals surface area (Å²) in [6.45, 7) is 1.62. The highest BCUT2D eigenvalue weighted by Crippen LogP contribution is 2.26. The first kappa shape index (κ1) is 14.0. The van der Waals surface area contributed by atoms with Gasteiger partial charge in [-0.1, -0.05) is 42.5 Å². The van der Waals surface area contributed by atoms with Crippen molar-refractivity contribution < 1.29 is 4.79 Å². The van der Waals surface area contributed by atoms with Crippen molar-refractivity contribution in [1.82, 2.24) is 15.1 Å². The van der Waals surface area contributed by atoms with E-state index in [1.54, 1.807) is 6.20 Å². The fourth-order valence-electron chi connectivity index (χ4n) is 3.37. The van der Waals surface area contributed by atoms with E-state index in [1.165, 1.54) is 10.8 Å². The molecule has 0 saturated carbocycles. The number of nitrogens with one attached hydrogen (secondary N) is 1. The van der Waals surface area contributed by atoms with Crippen molar-refractivity contribution in [3.05, 3.63) is 66.0 Å². The van der Waals surface area contributed by atoms with Crippen molar-refractivity contribution in [2.45, 2.75) is 18.8 Å². The quantitative estimate of drug-likeness (QED) is 0.808. The molecular weight excluding hydrogens is 286 g/mol. The van der Waals surface area contributed by atoms with E-state index in [9.17, 15) is 4.79 Å². The van der Waals surface area contributed by atoms with E-state index in [0.717, 1.165) is 30.8 Å². The zero-order valence-electron chi connectivity index (χ0n) is 12.9. The van der Waals surface area contributed by atoms with Crippen LogP contribution < -0.4 is 0 Å². The lowest BCUT2D eigenvalue weighted by molar-refractivity contribution is -0.129. The van der Waals surface area contributed by atoms with Crippen LogP contribution in [0.1, 0.15) is 23.6 Å². The molecule has 0 unspecified atom stereocenters. The lowest BCUT2D eigenvalue weighted by Gasteiger charge is -2.16. The maximum Gasteiger partial charge on any atom is 0.227 e. The van der Waals surface area contributed by atoms with Crippen LogP contribution in [0.15, 0.2) is 54.7 Å². The van der Waals surface area contributed by atoms with Crippen LogP contribution in [0, 0.1) is 0 Å². The molecule has 1 aliphatic heterocycles. The third-order valence-corrected chi connectivity index (χ3v) is 4.67. The van der Waals surface area contributed by atoms with Gasteiger partial charge >= 0.3 is 0 Å². The predicted octanol–water partition coefficient (Wildman–Crippen LogP) is 3.12. The number of nitrogens with zero attached hydrogens (tertiary/aromatic N) is 2. The lowest BCUT2D eigenvalue weighted by Crippen LogP contribution is -2.29. The largest absolute Gasteiger partial charge is 0.342 e. The summed E-state index contributed by atoms with van der Waals surface area (Å²) in [7, 11) is 0. The number of carbonyl (C=O) groups excluding carboxylic acids is 1. The summed E-state index contributed by atoms with van der Waals surface area (Å²) in [6.07, 6.45) is 3.25. The van der Waals surface area contributed by atoms with Gasteiger partial charge in [0.15, 0.2) is 0 Å². The number of aromatic nitrogens is 2. The van der Waals surface area contributed by atoms with Crippen LogP contribution in [0.25, 0.3) is 10.8 Å². The first-order chi connectivity index (χ1) is 11.3. The lowest BCUT2D eigenvalue weighted by atomic mass is 10.0. The van der Waals surface area contributed by atoms with Crippen molar-refractivity contribution in [2.75, 3.05) is 13.1 Å². The molecule has 116 valence electrons. The Morgan fingerprint density at radius 1 is 1.17 bits per heavy atom. The Hall–Kier alpha value is -2.62. The van der Waals surface area contributed by atoms with Gasteiger partial charge in [0.25, 0.3) is 0 Å². The van der Waals surface area contributed by atoms with Gasteiger partial charge in [-0.2, -0.15) is 5.10 Å². The number of H-pyrrole nitrogens is 1. The second kappa shape index (κ2) is 5.88. The minimum absolute atomic E-state index is 0.210. The molecule has 23 heavy (non-hydrogen) atoms. The van der Waals surface area contributed by atoms with Crippen molar-refractivity contribution in [2.24, 2.45) is 0 Å². The number of aromatic amines is 1. The van der Waals surface area contributed by atoms with Gasteiger partial charge in [0.05, 0.1) is 6.42 Å². The number of carbonyl (C=O) groups is 1. The number of hydrogen-bond donors (Lipinski definition) is 1. The van der Waals surface area contributed by atoms with Crippen molar-refractivity contribution in [1.29, 1.82) is 0 Å². The Bertz CT molecular complexity index is 826. The fourth-order valence-corrected chi connectivity index (χ4v) is 3.37. The molecule has 0 bridgehead atoms. The van der Waals surface area contributed by atoms with Gasteiger partial charge < -0.3 is 4.90 Å². The van der Waals surface area contributed by atoms with Gasteiger partial charge in [-0.25, -0.2) is 0 Å². The molecule has 1 aliphatic rings. The average Bonchev–Trinajstić information content (AvgIpc) is 3.26. The number of rotatable bonds is 3. The molecular formula is C19H19N3O. The smallest absolute Gasteiger partial charge is 0.227 e. The molecule has 0 radical (unpaired) electrons. The second-order valence-corrected chi connectivity index (χ2v) is 6.20. The maximum atomic E-state index is 12.6. The highest BCUT2D eigenvalue weighted by Gasteiger charge is 2.27. The fraction of sp³-hybridized carbons (Fsp3) is 0.263. The zero-order valence-corrected chi connectivity index (χ0v) is 12.9. The van der Waals surface area contributed by atoms with E-state index >= 15 is 0 Å². The normalized spacial score (nSPS) is 17.7. The molecule has 3 aromatic rings. The Morgan fingerprint density at radius 3 is 2.87 bits per heavy atom. The van der Waals surface area contributed by atoms with E-state index in [4.69, 9.17) is 0 Å².